The van der Waals surface area contributed by atoms with Gasteiger partial charge in [-0.3, -0.25) is 4.40 Å². The van der Waals surface area contributed by atoms with Crippen molar-refractivity contribution < 1.29 is 0 Å². The molecule has 0 amide bonds. The Hall–Kier alpha value is -2.82. The van der Waals surface area contributed by atoms with E-state index in [9.17, 15) is 0 Å². The molecule has 0 aliphatic heterocycles. The van der Waals surface area contributed by atoms with E-state index >= 15 is 0 Å². The Morgan fingerprint density at radius 3 is 2.39 bits per heavy atom. The minimum Gasteiger partial charge on any atom is -0.385 e. The first-order valence-corrected chi connectivity index (χ1v) is 7.73. The van der Waals surface area contributed by atoms with Crippen molar-refractivity contribution in [2.24, 2.45) is 0 Å². The number of pyridine rings is 2. The summed E-state index contributed by atoms with van der Waals surface area (Å²) >= 11 is 0. The zero-order valence-corrected chi connectivity index (χ0v) is 14.1. The highest BCUT2D eigenvalue weighted by atomic mass is 15.0. The van der Waals surface area contributed by atoms with Crippen molar-refractivity contribution in [1.29, 1.82) is 0 Å². The van der Waals surface area contributed by atoms with Gasteiger partial charge in [0.1, 0.15) is 17.1 Å². The lowest BCUT2D eigenvalue weighted by Crippen LogP contribution is -1.93. The normalized spacial score (nSPS) is 9.91. The summed E-state index contributed by atoms with van der Waals surface area (Å²) in [7, 11) is 0. The molecule has 120 valence electrons. The standard InChI is InChI=1S/C9H10N2.C7H7N3.C2H6/c1-7-4-3-5-11-8(2)6-10-9(7)11;8-6-2-1-3-7-9-4-5-10(6)7;1-2/h3-6H,1-2H3;1-5H,8H2;1-2H3. The van der Waals surface area contributed by atoms with Crippen molar-refractivity contribution in [2.75, 3.05) is 5.73 Å². The Labute approximate surface area is 136 Å². The molecule has 0 bridgehead atoms. The second-order valence-corrected chi connectivity index (χ2v) is 4.89. The van der Waals surface area contributed by atoms with Gasteiger partial charge in [-0.2, -0.15) is 0 Å². The Morgan fingerprint density at radius 1 is 0.913 bits per heavy atom. The van der Waals surface area contributed by atoms with Crippen molar-refractivity contribution in [3.05, 3.63) is 66.4 Å². The number of nitrogen functional groups attached to an aromatic ring is 1. The number of imidazole rings is 2. The van der Waals surface area contributed by atoms with E-state index in [0.29, 0.717) is 0 Å². The zero-order chi connectivity index (χ0) is 16.8. The Balaban J connectivity index is 0.000000152. The van der Waals surface area contributed by atoms with E-state index in [1.165, 1.54) is 11.3 Å². The molecule has 5 nitrogen and oxygen atoms in total. The second kappa shape index (κ2) is 7.45. The molecular formula is C18H23N5. The van der Waals surface area contributed by atoms with E-state index < -0.39 is 0 Å². The molecule has 4 aromatic heterocycles. The van der Waals surface area contributed by atoms with Crippen LogP contribution in [0.15, 0.2) is 55.1 Å². The summed E-state index contributed by atoms with van der Waals surface area (Å²) in [6.45, 7) is 8.13. The summed E-state index contributed by atoms with van der Waals surface area (Å²) in [6.07, 6.45) is 7.49. The molecule has 0 fully saturated rings. The number of nitrogens with two attached hydrogens (primary N) is 1. The SMILES string of the molecule is CC.Cc1cccn2c(C)cnc12.Nc1cccc2nccn12. The fourth-order valence-electron chi connectivity index (χ4n) is 2.24. The van der Waals surface area contributed by atoms with Gasteiger partial charge in [0.2, 0.25) is 0 Å². The minimum atomic E-state index is 0.718. The number of hydrogen-bond acceptors (Lipinski definition) is 3. The van der Waals surface area contributed by atoms with Gasteiger partial charge in [0.25, 0.3) is 0 Å². The van der Waals surface area contributed by atoms with Gasteiger partial charge in [-0.1, -0.05) is 26.0 Å². The highest BCUT2D eigenvalue weighted by Crippen LogP contribution is 2.09. The molecule has 0 radical (unpaired) electrons. The van der Waals surface area contributed by atoms with Crippen molar-refractivity contribution in [3.8, 4) is 0 Å². The van der Waals surface area contributed by atoms with Crippen molar-refractivity contribution in [2.45, 2.75) is 27.7 Å². The van der Waals surface area contributed by atoms with Gasteiger partial charge in [0, 0.05) is 30.5 Å². The third-order valence-electron chi connectivity index (χ3n) is 3.38. The first-order valence-electron chi connectivity index (χ1n) is 7.73. The quantitative estimate of drug-likeness (QED) is 0.536. The average molecular weight is 309 g/mol. The van der Waals surface area contributed by atoms with Gasteiger partial charge in [-0.25, -0.2) is 9.97 Å². The van der Waals surface area contributed by atoms with Crippen LogP contribution in [0.4, 0.5) is 5.82 Å². The van der Waals surface area contributed by atoms with Crippen LogP contribution in [0.5, 0.6) is 0 Å². The summed E-state index contributed by atoms with van der Waals surface area (Å²) in [4.78, 5) is 8.34. The van der Waals surface area contributed by atoms with E-state index in [1.807, 2.05) is 61.1 Å². The van der Waals surface area contributed by atoms with E-state index in [4.69, 9.17) is 5.73 Å². The maximum Gasteiger partial charge on any atom is 0.139 e. The lowest BCUT2D eigenvalue weighted by Gasteiger charge is -1.96. The van der Waals surface area contributed by atoms with Crippen LogP contribution in [0.1, 0.15) is 25.1 Å². The highest BCUT2D eigenvalue weighted by molar-refractivity contribution is 5.48. The lowest BCUT2D eigenvalue weighted by molar-refractivity contribution is 1.10. The van der Waals surface area contributed by atoms with Crippen molar-refractivity contribution in [3.63, 3.8) is 0 Å². The molecule has 0 saturated heterocycles. The third kappa shape index (κ3) is 3.51. The van der Waals surface area contributed by atoms with E-state index in [1.54, 1.807) is 6.20 Å². The monoisotopic (exact) mass is 309 g/mol. The molecule has 23 heavy (non-hydrogen) atoms. The number of anilines is 1. The molecule has 0 saturated carbocycles. The Morgan fingerprint density at radius 2 is 1.70 bits per heavy atom. The Bertz CT molecular complexity index is 889. The zero-order valence-electron chi connectivity index (χ0n) is 14.1. The largest absolute Gasteiger partial charge is 0.385 e. The summed E-state index contributed by atoms with van der Waals surface area (Å²) < 4.78 is 3.93. The minimum absolute atomic E-state index is 0.718. The van der Waals surface area contributed by atoms with Crippen LogP contribution < -0.4 is 5.73 Å². The first-order chi connectivity index (χ1) is 11.2. The molecule has 0 atom stereocenters. The van der Waals surface area contributed by atoms with Crippen LogP contribution in [0.25, 0.3) is 11.3 Å². The van der Waals surface area contributed by atoms with Gasteiger partial charge < -0.3 is 10.1 Å². The van der Waals surface area contributed by atoms with Gasteiger partial charge in [-0.05, 0) is 37.6 Å². The molecule has 4 heterocycles. The molecule has 0 unspecified atom stereocenters. The van der Waals surface area contributed by atoms with Crippen LogP contribution >= 0.6 is 0 Å². The second-order valence-electron chi connectivity index (χ2n) is 4.89. The summed E-state index contributed by atoms with van der Waals surface area (Å²) in [6, 6.07) is 9.75. The number of rotatable bonds is 0. The fourth-order valence-corrected chi connectivity index (χ4v) is 2.24. The van der Waals surface area contributed by atoms with Crippen molar-refractivity contribution >= 4 is 17.1 Å². The van der Waals surface area contributed by atoms with Crippen LogP contribution in [-0.4, -0.2) is 18.8 Å². The average Bonchev–Trinajstić information content (AvgIpc) is 3.19. The number of fused-ring (bicyclic) bond motifs is 2. The van der Waals surface area contributed by atoms with Crippen LogP contribution in [0.3, 0.4) is 0 Å². The summed E-state index contributed by atoms with van der Waals surface area (Å²) in [5, 5.41) is 0. The van der Waals surface area contributed by atoms with Gasteiger partial charge in [0.15, 0.2) is 0 Å². The number of aryl methyl sites for hydroxylation is 2. The molecule has 4 rings (SSSR count). The highest BCUT2D eigenvalue weighted by Gasteiger charge is 1.98. The lowest BCUT2D eigenvalue weighted by atomic mass is 10.3. The van der Waals surface area contributed by atoms with Crippen molar-refractivity contribution in [1.82, 2.24) is 18.8 Å². The maximum absolute atomic E-state index is 5.62. The molecule has 0 aliphatic carbocycles. The van der Waals surface area contributed by atoms with Gasteiger partial charge in [-0.15, -0.1) is 0 Å². The fraction of sp³-hybridized carbons (Fsp3) is 0.222. The van der Waals surface area contributed by atoms with Crippen LogP contribution in [0.2, 0.25) is 0 Å². The predicted molar refractivity (Wildman–Crippen MR) is 95.6 cm³/mol. The van der Waals surface area contributed by atoms with Gasteiger partial charge >= 0.3 is 0 Å². The molecular weight excluding hydrogens is 286 g/mol. The smallest absolute Gasteiger partial charge is 0.139 e. The number of aromatic nitrogens is 4. The molecule has 0 spiro atoms. The van der Waals surface area contributed by atoms with Crippen LogP contribution in [-0.2, 0) is 0 Å². The maximum atomic E-state index is 5.62. The number of hydrogen-bond donors (Lipinski definition) is 1. The first kappa shape index (κ1) is 16.5. The van der Waals surface area contributed by atoms with Crippen LogP contribution in [0, 0.1) is 13.8 Å². The topological polar surface area (TPSA) is 60.6 Å². The third-order valence-corrected chi connectivity index (χ3v) is 3.38. The summed E-state index contributed by atoms with van der Waals surface area (Å²) in [5.74, 6) is 0.718. The van der Waals surface area contributed by atoms with E-state index in [-0.39, 0.29) is 0 Å². The van der Waals surface area contributed by atoms with Gasteiger partial charge in [0.05, 0.1) is 0 Å². The molecule has 5 heteroatoms. The van der Waals surface area contributed by atoms with E-state index in [2.05, 4.69) is 34.3 Å². The van der Waals surface area contributed by atoms with E-state index in [0.717, 1.165) is 17.1 Å². The predicted octanol–water partition coefficient (Wildman–Crippen LogP) is 3.89. The number of nitrogens with zero attached hydrogens (tertiary/aromatic N) is 4. The molecule has 0 aromatic carbocycles. The summed E-state index contributed by atoms with van der Waals surface area (Å²) in [5.41, 5.74) is 9.98. The molecule has 2 N–H and O–H groups in total. The Kier molecular flexibility index (Phi) is 5.36. The molecule has 0 aliphatic rings. The molecule has 4 aromatic rings.